The molecule has 15 heavy (non-hydrogen) atoms. The minimum absolute atomic E-state index is 0.516. The van der Waals surface area contributed by atoms with E-state index in [0.717, 1.165) is 5.69 Å². The second-order valence-corrected chi connectivity index (χ2v) is 3.24. The molecule has 2 aromatic rings. The van der Waals surface area contributed by atoms with Crippen LogP contribution in [-0.4, -0.2) is 32.6 Å². The third kappa shape index (κ3) is 2.24. The maximum absolute atomic E-state index is 5.58. The molecule has 0 amide bonds. The number of hydrogen-bond acceptors (Lipinski definition) is 4. The predicted molar refractivity (Wildman–Crippen MR) is 58.4 cm³/mol. The summed E-state index contributed by atoms with van der Waals surface area (Å²) in [7, 11) is 0. The maximum Gasteiger partial charge on any atom is 0.247 e. The fourth-order valence-corrected chi connectivity index (χ4v) is 1.29. The number of nitrogens with one attached hydrogen (secondary N) is 1. The first kappa shape index (κ1) is 9.92. The van der Waals surface area contributed by atoms with Crippen molar-refractivity contribution in [1.82, 2.24) is 20.2 Å². The first-order valence-electron chi connectivity index (χ1n) is 4.55. The normalized spacial score (nSPS) is 10.2. The molecule has 0 unspecified atom stereocenters. The van der Waals surface area contributed by atoms with E-state index in [-0.39, 0.29) is 0 Å². The average Bonchev–Trinajstić information content (AvgIpc) is 2.75. The highest BCUT2D eigenvalue weighted by Gasteiger charge is 2.05. The Hall–Kier alpha value is -1.62. The standard InChI is InChI=1S/C9H10ClN5/c10-6-7-11-9-12-13-14-15(9)8-4-2-1-3-5-8/h1-5H,6-7H2,(H,11,12,14). The van der Waals surface area contributed by atoms with Crippen LogP contribution >= 0.6 is 11.6 Å². The predicted octanol–water partition coefficient (Wildman–Crippen LogP) is 1.31. The maximum atomic E-state index is 5.58. The van der Waals surface area contributed by atoms with Gasteiger partial charge in [-0.2, -0.15) is 4.68 Å². The number of hydrogen-bond donors (Lipinski definition) is 1. The van der Waals surface area contributed by atoms with Crippen LogP contribution in [0.4, 0.5) is 5.95 Å². The molecule has 1 heterocycles. The Morgan fingerprint density at radius 2 is 2.07 bits per heavy atom. The molecule has 6 heteroatoms. The molecule has 0 saturated heterocycles. The third-order valence-corrected chi connectivity index (χ3v) is 2.04. The molecular weight excluding hydrogens is 214 g/mol. The molecule has 0 aliphatic heterocycles. The van der Waals surface area contributed by atoms with Crippen molar-refractivity contribution in [2.45, 2.75) is 0 Å². The summed E-state index contributed by atoms with van der Waals surface area (Å²) < 4.78 is 1.63. The van der Waals surface area contributed by atoms with Gasteiger partial charge in [-0.1, -0.05) is 23.3 Å². The summed E-state index contributed by atoms with van der Waals surface area (Å²) in [5.41, 5.74) is 0.916. The average molecular weight is 224 g/mol. The summed E-state index contributed by atoms with van der Waals surface area (Å²) in [5.74, 6) is 1.11. The lowest BCUT2D eigenvalue weighted by Crippen LogP contribution is -2.09. The quantitative estimate of drug-likeness (QED) is 0.795. The Morgan fingerprint density at radius 1 is 1.27 bits per heavy atom. The van der Waals surface area contributed by atoms with Crippen LogP contribution < -0.4 is 5.32 Å². The fraction of sp³-hybridized carbons (Fsp3) is 0.222. The number of nitrogens with zero attached hydrogens (tertiary/aromatic N) is 4. The number of anilines is 1. The van der Waals surface area contributed by atoms with E-state index in [2.05, 4.69) is 20.8 Å². The van der Waals surface area contributed by atoms with Gasteiger partial charge >= 0.3 is 0 Å². The van der Waals surface area contributed by atoms with Crippen LogP contribution in [0.5, 0.6) is 0 Å². The summed E-state index contributed by atoms with van der Waals surface area (Å²) in [6, 6.07) is 9.68. The molecule has 0 radical (unpaired) electrons. The lowest BCUT2D eigenvalue weighted by atomic mass is 10.3. The van der Waals surface area contributed by atoms with E-state index in [4.69, 9.17) is 11.6 Å². The molecular formula is C9H10ClN5. The summed E-state index contributed by atoms with van der Waals surface area (Å²) in [6.07, 6.45) is 0. The largest absolute Gasteiger partial charge is 0.352 e. The minimum Gasteiger partial charge on any atom is -0.352 e. The van der Waals surface area contributed by atoms with Crippen LogP contribution in [0.3, 0.4) is 0 Å². The summed E-state index contributed by atoms with van der Waals surface area (Å²) in [6.45, 7) is 0.634. The van der Waals surface area contributed by atoms with E-state index in [0.29, 0.717) is 18.4 Å². The van der Waals surface area contributed by atoms with Gasteiger partial charge in [0.15, 0.2) is 0 Å². The Morgan fingerprint density at radius 3 is 2.80 bits per heavy atom. The van der Waals surface area contributed by atoms with E-state index in [1.165, 1.54) is 0 Å². The van der Waals surface area contributed by atoms with Crippen LogP contribution in [-0.2, 0) is 0 Å². The molecule has 78 valence electrons. The number of benzene rings is 1. The number of rotatable bonds is 4. The van der Waals surface area contributed by atoms with Gasteiger partial charge in [-0.05, 0) is 22.6 Å². The molecule has 0 aliphatic carbocycles. The van der Waals surface area contributed by atoms with Gasteiger partial charge in [-0.3, -0.25) is 0 Å². The van der Waals surface area contributed by atoms with Crippen molar-refractivity contribution in [2.75, 3.05) is 17.7 Å². The van der Waals surface area contributed by atoms with Crippen molar-refractivity contribution in [3.05, 3.63) is 30.3 Å². The molecule has 0 bridgehead atoms. The van der Waals surface area contributed by atoms with Crippen molar-refractivity contribution in [3.63, 3.8) is 0 Å². The lowest BCUT2D eigenvalue weighted by molar-refractivity contribution is 0.790. The zero-order chi connectivity index (χ0) is 10.5. The topological polar surface area (TPSA) is 55.6 Å². The van der Waals surface area contributed by atoms with Crippen molar-refractivity contribution in [2.24, 2.45) is 0 Å². The van der Waals surface area contributed by atoms with Crippen molar-refractivity contribution >= 4 is 17.5 Å². The SMILES string of the molecule is ClCCNc1nnnn1-c1ccccc1. The monoisotopic (exact) mass is 223 g/mol. The molecule has 2 rings (SSSR count). The number of tetrazole rings is 1. The van der Waals surface area contributed by atoms with E-state index in [1.807, 2.05) is 30.3 Å². The van der Waals surface area contributed by atoms with Crippen LogP contribution in [0.25, 0.3) is 5.69 Å². The highest BCUT2D eigenvalue weighted by atomic mass is 35.5. The number of halogens is 1. The molecule has 0 aliphatic rings. The van der Waals surface area contributed by atoms with E-state index < -0.39 is 0 Å². The minimum atomic E-state index is 0.516. The zero-order valence-corrected chi connectivity index (χ0v) is 8.72. The molecule has 0 spiro atoms. The number of alkyl halides is 1. The second-order valence-electron chi connectivity index (χ2n) is 2.87. The second kappa shape index (κ2) is 4.75. The molecule has 1 aromatic carbocycles. The van der Waals surface area contributed by atoms with Gasteiger partial charge in [0.2, 0.25) is 5.95 Å². The van der Waals surface area contributed by atoms with Crippen molar-refractivity contribution in [3.8, 4) is 5.69 Å². The Bertz CT molecular complexity index is 413. The number of para-hydroxylation sites is 1. The van der Waals surface area contributed by atoms with Gasteiger partial charge in [-0.15, -0.1) is 11.6 Å². The zero-order valence-electron chi connectivity index (χ0n) is 7.97. The molecule has 1 N–H and O–H groups in total. The van der Waals surface area contributed by atoms with Crippen LogP contribution in [0.2, 0.25) is 0 Å². The fourth-order valence-electron chi connectivity index (χ4n) is 1.20. The smallest absolute Gasteiger partial charge is 0.247 e. The molecule has 0 saturated carbocycles. The highest BCUT2D eigenvalue weighted by Crippen LogP contribution is 2.09. The van der Waals surface area contributed by atoms with Crippen LogP contribution in [0, 0.1) is 0 Å². The summed E-state index contributed by atoms with van der Waals surface area (Å²) >= 11 is 5.58. The van der Waals surface area contributed by atoms with Gasteiger partial charge in [0.25, 0.3) is 0 Å². The Labute approximate surface area is 92.1 Å². The molecule has 0 fully saturated rings. The van der Waals surface area contributed by atoms with Crippen molar-refractivity contribution in [1.29, 1.82) is 0 Å². The molecule has 1 aromatic heterocycles. The Balaban J connectivity index is 2.25. The first-order chi connectivity index (χ1) is 7.42. The summed E-state index contributed by atoms with van der Waals surface area (Å²) in [4.78, 5) is 0. The molecule has 5 nitrogen and oxygen atoms in total. The van der Waals surface area contributed by atoms with Crippen LogP contribution in [0.15, 0.2) is 30.3 Å². The highest BCUT2D eigenvalue weighted by molar-refractivity contribution is 6.18. The lowest BCUT2D eigenvalue weighted by Gasteiger charge is -2.04. The third-order valence-electron chi connectivity index (χ3n) is 1.85. The molecule has 0 atom stereocenters. The van der Waals surface area contributed by atoms with Gasteiger partial charge in [0.1, 0.15) is 0 Å². The van der Waals surface area contributed by atoms with Crippen molar-refractivity contribution < 1.29 is 0 Å². The van der Waals surface area contributed by atoms with Gasteiger partial charge in [-0.25, -0.2) is 0 Å². The number of aromatic nitrogens is 4. The van der Waals surface area contributed by atoms with Gasteiger partial charge in [0.05, 0.1) is 5.69 Å². The van der Waals surface area contributed by atoms with E-state index in [1.54, 1.807) is 4.68 Å². The van der Waals surface area contributed by atoms with E-state index >= 15 is 0 Å². The first-order valence-corrected chi connectivity index (χ1v) is 5.09. The summed E-state index contributed by atoms with van der Waals surface area (Å²) in [5, 5.41) is 14.4. The van der Waals surface area contributed by atoms with Gasteiger partial charge in [0, 0.05) is 12.4 Å². The Kier molecular flexibility index (Phi) is 3.14. The van der Waals surface area contributed by atoms with Gasteiger partial charge < -0.3 is 5.32 Å². The van der Waals surface area contributed by atoms with E-state index in [9.17, 15) is 0 Å². The van der Waals surface area contributed by atoms with Crippen LogP contribution in [0.1, 0.15) is 0 Å².